The first-order chi connectivity index (χ1) is 21.8. The van der Waals surface area contributed by atoms with Crippen molar-refractivity contribution in [3.63, 3.8) is 0 Å². The molecule has 1 aliphatic heterocycles. The van der Waals surface area contributed by atoms with Crippen LogP contribution in [0.5, 0.6) is 5.75 Å². The zero-order valence-electron chi connectivity index (χ0n) is 25.6. The minimum atomic E-state index is -4.41. The van der Waals surface area contributed by atoms with Gasteiger partial charge in [-0.15, -0.1) is 23.1 Å². The molecule has 0 unspecified atom stereocenters. The van der Waals surface area contributed by atoms with E-state index in [1.54, 1.807) is 30.8 Å². The number of halogens is 3. The van der Waals surface area contributed by atoms with E-state index in [2.05, 4.69) is 9.80 Å². The molecule has 242 valence electrons. The van der Waals surface area contributed by atoms with Gasteiger partial charge in [-0.25, -0.2) is 4.98 Å². The fourth-order valence-electron chi connectivity index (χ4n) is 4.92. The van der Waals surface area contributed by atoms with Crippen LogP contribution in [0.25, 0.3) is 10.6 Å². The Morgan fingerprint density at radius 2 is 1.57 bits per heavy atom. The van der Waals surface area contributed by atoms with Crippen molar-refractivity contribution in [3.05, 3.63) is 94.5 Å². The average Bonchev–Trinajstić information content (AvgIpc) is 3.43. The fraction of sp³-hybridized carbons (Fsp3) is 0.324. The Labute approximate surface area is 274 Å². The number of anilines is 1. The van der Waals surface area contributed by atoms with Crippen molar-refractivity contribution in [1.29, 1.82) is 0 Å². The van der Waals surface area contributed by atoms with Gasteiger partial charge in [0.15, 0.2) is 5.78 Å². The van der Waals surface area contributed by atoms with Crippen LogP contribution in [0.3, 0.4) is 0 Å². The quantitative estimate of drug-likeness (QED) is 0.131. The van der Waals surface area contributed by atoms with Gasteiger partial charge in [0.05, 0.1) is 17.2 Å². The third-order valence-electron chi connectivity index (χ3n) is 7.68. The van der Waals surface area contributed by atoms with Crippen LogP contribution in [-0.2, 0) is 23.3 Å². The van der Waals surface area contributed by atoms with Gasteiger partial charge in [-0.1, -0.05) is 12.1 Å². The number of alkyl halides is 3. The minimum Gasteiger partial charge on any atom is -0.546 e. The van der Waals surface area contributed by atoms with Crippen LogP contribution >= 0.6 is 23.1 Å². The van der Waals surface area contributed by atoms with Crippen molar-refractivity contribution in [2.75, 3.05) is 31.1 Å². The SMILES string of the molecule is CC(=O)c1ccc(N2CCN(Cc3nc(-c4ccc(C(F)(F)F)cc4)sc3CSc3ccc(OC(C)(C)C(=O)[O-])cc3)CC2)cc1. The molecule has 1 aliphatic rings. The maximum Gasteiger partial charge on any atom is 0.416 e. The smallest absolute Gasteiger partial charge is 0.416 e. The molecule has 7 nitrogen and oxygen atoms in total. The molecule has 0 saturated carbocycles. The number of thioether (sulfide) groups is 1. The molecule has 1 fully saturated rings. The molecule has 1 saturated heterocycles. The lowest BCUT2D eigenvalue weighted by atomic mass is 10.1. The first-order valence-corrected chi connectivity index (χ1v) is 16.5. The number of Topliss-reactive ketones (excluding diaryl/α,β-unsaturated/α-hetero) is 1. The van der Waals surface area contributed by atoms with Crippen LogP contribution in [0, 0.1) is 0 Å². The van der Waals surface area contributed by atoms with Crippen molar-refractivity contribution in [3.8, 4) is 16.3 Å². The number of aliphatic carboxylic acids is 1. The van der Waals surface area contributed by atoms with Gasteiger partial charge in [0.25, 0.3) is 0 Å². The van der Waals surface area contributed by atoms with E-state index in [9.17, 15) is 27.9 Å². The number of carbonyl (C=O) groups excluding carboxylic acids is 2. The second-order valence-corrected chi connectivity index (χ2v) is 13.6. The summed E-state index contributed by atoms with van der Waals surface area (Å²) in [7, 11) is 0. The zero-order valence-corrected chi connectivity index (χ0v) is 27.2. The van der Waals surface area contributed by atoms with Gasteiger partial charge < -0.3 is 19.5 Å². The van der Waals surface area contributed by atoms with E-state index in [0.717, 1.165) is 59.5 Å². The van der Waals surface area contributed by atoms with Gasteiger partial charge in [-0.05, 0) is 81.4 Å². The number of thiazole rings is 1. The number of hydrogen-bond donors (Lipinski definition) is 0. The molecular formula is C34H33F3N3O4S2-. The third-order valence-corrected chi connectivity index (χ3v) is 10.0. The predicted molar refractivity (Wildman–Crippen MR) is 172 cm³/mol. The molecule has 0 aliphatic carbocycles. The lowest BCUT2D eigenvalue weighted by molar-refractivity contribution is -0.320. The molecule has 3 aromatic carbocycles. The van der Waals surface area contributed by atoms with Gasteiger partial charge in [0.1, 0.15) is 16.4 Å². The standard InChI is InChI=1S/C34H34F3N3O4S2/c1-22(41)23-6-10-26(11-7-23)40-18-16-39(17-19-40)20-29-30(46-31(38-29)24-4-8-25(9-5-24)34(35,36)37)21-45-28-14-12-27(13-15-28)44-33(2,3)32(42)43/h4-15H,16-21H2,1-3H3,(H,42,43)/p-1. The molecule has 46 heavy (non-hydrogen) atoms. The summed E-state index contributed by atoms with van der Waals surface area (Å²) >= 11 is 3.06. The van der Waals surface area contributed by atoms with E-state index >= 15 is 0 Å². The Morgan fingerprint density at radius 3 is 2.13 bits per heavy atom. The van der Waals surface area contributed by atoms with Crippen molar-refractivity contribution in [2.24, 2.45) is 0 Å². The van der Waals surface area contributed by atoms with Gasteiger partial charge in [-0.3, -0.25) is 9.69 Å². The normalized spacial score (nSPS) is 14.3. The predicted octanol–water partition coefficient (Wildman–Crippen LogP) is 6.55. The number of piperazine rings is 1. The summed E-state index contributed by atoms with van der Waals surface area (Å²) in [6.45, 7) is 8.24. The minimum absolute atomic E-state index is 0.0350. The average molecular weight is 669 g/mol. The van der Waals surface area contributed by atoms with E-state index in [4.69, 9.17) is 9.72 Å². The highest BCUT2D eigenvalue weighted by molar-refractivity contribution is 7.98. The topological polar surface area (TPSA) is 85.8 Å². The summed E-state index contributed by atoms with van der Waals surface area (Å²) in [5.74, 6) is -0.262. The first-order valence-electron chi connectivity index (χ1n) is 14.7. The van der Waals surface area contributed by atoms with Gasteiger partial charge in [-0.2, -0.15) is 13.2 Å². The number of rotatable bonds is 11. The number of ketones is 1. The van der Waals surface area contributed by atoms with E-state index in [0.29, 0.717) is 34.2 Å². The lowest BCUT2D eigenvalue weighted by Gasteiger charge is -2.36. The monoisotopic (exact) mass is 668 g/mol. The lowest BCUT2D eigenvalue weighted by Crippen LogP contribution is -2.47. The maximum atomic E-state index is 13.2. The number of aromatic nitrogens is 1. The molecule has 0 spiro atoms. The molecule has 0 N–H and O–H groups in total. The Balaban J connectivity index is 1.29. The highest BCUT2D eigenvalue weighted by Gasteiger charge is 2.30. The van der Waals surface area contributed by atoms with Gasteiger partial charge in [0, 0.05) is 65.1 Å². The number of nitrogens with zero attached hydrogens (tertiary/aromatic N) is 3. The zero-order chi connectivity index (χ0) is 33.1. The Bertz CT molecular complexity index is 1660. The third kappa shape index (κ3) is 8.28. The van der Waals surface area contributed by atoms with Crippen molar-refractivity contribution >= 4 is 40.5 Å². The number of carboxylic acids is 1. The number of benzene rings is 3. The second kappa shape index (κ2) is 13.9. The van der Waals surface area contributed by atoms with E-state index in [-0.39, 0.29) is 5.78 Å². The fourth-order valence-corrected chi connectivity index (χ4v) is 6.99. The van der Waals surface area contributed by atoms with Crippen LogP contribution < -0.4 is 14.7 Å². The van der Waals surface area contributed by atoms with E-state index in [1.807, 2.05) is 36.4 Å². The molecule has 5 rings (SSSR count). The number of ether oxygens (including phenoxy) is 1. The highest BCUT2D eigenvalue weighted by atomic mass is 32.2. The second-order valence-electron chi connectivity index (χ2n) is 11.5. The van der Waals surface area contributed by atoms with Crippen LogP contribution in [0.1, 0.15) is 47.3 Å². The van der Waals surface area contributed by atoms with Crippen molar-refractivity contribution in [2.45, 2.75) is 49.7 Å². The van der Waals surface area contributed by atoms with Crippen molar-refractivity contribution in [1.82, 2.24) is 9.88 Å². The summed E-state index contributed by atoms with van der Waals surface area (Å²) in [5.41, 5.74) is 1.11. The summed E-state index contributed by atoms with van der Waals surface area (Å²) in [6.07, 6.45) is -4.41. The Kier molecular flexibility index (Phi) is 10.1. The maximum absolute atomic E-state index is 13.2. The largest absolute Gasteiger partial charge is 0.546 e. The van der Waals surface area contributed by atoms with E-state index < -0.39 is 23.3 Å². The van der Waals surface area contributed by atoms with Crippen LogP contribution in [0.15, 0.2) is 77.7 Å². The summed E-state index contributed by atoms with van der Waals surface area (Å²) in [5, 5.41) is 12.0. The molecular weight excluding hydrogens is 636 g/mol. The first kappa shape index (κ1) is 33.5. The molecule has 0 amide bonds. The highest BCUT2D eigenvalue weighted by Crippen LogP contribution is 2.36. The Morgan fingerprint density at radius 1 is 0.935 bits per heavy atom. The van der Waals surface area contributed by atoms with Gasteiger partial charge >= 0.3 is 6.18 Å². The van der Waals surface area contributed by atoms with Crippen LogP contribution in [0.4, 0.5) is 18.9 Å². The molecule has 12 heteroatoms. The van der Waals surface area contributed by atoms with Crippen LogP contribution in [-0.4, -0.2) is 53.4 Å². The number of hydrogen-bond acceptors (Lipinski definition) is 9. The Hall–Kier alpha value is -3.87. The van der Waals surface area contributed by atoms with Crippen LogP contribution in [0.2, 0.25) is 0 Å². The molecule has 0 radical (unpaired) electrons. The summed E-state index contributed by atoms with van der Waals surface area (Å²) < 4.78 is 45.0. The van der Waals surface area contributed by atoms with Gasteiger partial charge in [0.2, 0.25) is 0 Å². The van der Waals surface area contributed by atoms with E-state index in [1.165, 1.54) is 37.3 Å². The van der Waals surface area contributed by atoms with Crippen molar-refractivity contribution < 1.29 is 32.6 Å². The summed E-state index contributed by atoms with van der Waals surface area (Å²) in [6, 6.07) is 19.9. The number of carboxylic acid groups (broad SMARTS) is 1. The molecule has 4 aromatic rings. The molecule has 1 aromatic heterocycles. The number of carbonyl (C=O) groups is 2. The molecule has 0 atom stereocenters. The summed E-state index contributed by atoms with van der Waals surface area (Å²) in [4.78, 5) is 34.4. The molecule has 0 bridgehead atoms. The molecule has 2 heterocycles.